The number of carbonyl (C=O) groups is 2. The highest BCUT2D eigenvalue weighted by Gasteiger charge is 2.47. The smallest absolute Gasteiger partial charge is 0.316 e. The lowest BCUT2D eigenvalue weighted by atomic mass is 9.71. The average molecular weight is 430 g/mol. The molecule has 0 bridgehead atoms. The molecule has 1 aliphatic rings. The number of nitrogens with zero attached hydrogens (tertiary/aromatic N) is 1. The van der Waals surface area contributed by atoms with E-state index in [1.165, 1.54) is 0 Å². The zero-order chi connectivity index (χ0) is 22.7. The number of aliphatic hydroxyl groups is 1. The molecule has 0 aliphatic carbocycles. The Hall–Kier alpha value is -3.44. The van der Waals surface area contributed by atoms with Gasteiger partial charge in [-0.15, -0.1) is 0 Å². The quantitative estimate of drug-likeness (QED) is 0.553. The first-order chi connectivity index (χ1) is 15.5. The summed E-state index contributed by atoms with van der Waals surface area (Å²) < 4.78 is 0. The van der Waals surface area contributed by atoms with Gasteiger partial charge >= 0.3 is 5.97 Å². The molecule has 0 aromatic heterocycles. The fraction of sp³-hybridized carbons (Fsp3) is 0.259. The van der Waals surface area contributed by atoms with Crippen LogP contribution in [0.4, 0.5) is 0 Å². The molecule has 2 atom stereocenters. The molecule has 3 aromatic carbocycles. The number of carbonyl (C=O) groups excluding carboxylic acids is 1. The number of benzene rings is 3. The summed E-state index contributed by atoms with van der Waals surface area (Å²) in [6, 6.07) is 24.6. The van der Waals surface area contributed by atoms with E-state index in [2.05, 4.69) is 0 Å². The second-order valence-corrected chi connectivity index (χ2v) is 8.28. The molecule has 5 nitrogen and oxygen atoms in total. The third kappa shape index (κ3) is 3.80. The van der Waals surface area contributed by atoms with Crippen LogP contribution in [0.25, 0.3) is 11.1 Å². The maximum atomic E-state index is 12.8. The first kappa shape index (κ1) is 21.8. The molecule has 5 heteroatoms. The SMILES string of the molecule is CC[C@H](O)C(CCN1Cc2ccccc2C1=O)(C(=O)O)c1ccc(-c2ccccc2)cc1. The second kappa shape index (κ2) is 8.97. The van der Waals surface area contributed by atoms with E-state index in [-0.39, 0.29) is 18.9 Å². The first-order valence-corrected chi connectivity index (χ1v) is 10.9. The van der Waals surface area contributed by atoms with Crippen LogP contribution in [-0.4, -0.2) is 39.6 Å². The Kier molecular flexibility index (Phi) is 6.10. The third-order valence-electron chi connectivity index (χ3n) is 6.52. The zero-order valence-electron chi connectivity index (χ0n) is 18.1. The van der Waals surface area contributed by atoms with E-state index in [1.54, 1.807) is 30.0 Å². The molecule has 0 saturated heterocycles. The number of carboxylic acid groups (broad SMARTS) is 1. The van der Waals surface area contributed by atoms with Crippen molar-refractivity contribution in [1.29, 1.82) is 0 Å². The van der Waals surface area contributed by atoms with Crippen molar-refractivity contribution in [2.24, 2.45) is 0 Å². The molecule has 0 spiro atoms. The second-order valence-electron chi connectivity index (χ2n) is 8.28. The van der Waals surface area contributed by atoms with Crippen molar-refractivity contribution in [2.75, 3.05) is 6.54 Å². The van der Waals surface area contributed by atoms with E-state index in [4.69, 9.17) is 0 Å². The van der Waals surface area contributed by atoms with Crippen molar-refractivity contribution >= 4 is 11.9 Å². The highest BCUT2D eigenvalue weighted by molar-refractivity contribution is 5.98. The van der Waals surface area contributed by atoms with Gasteiger partial charge in [0.2, 0.25) is 0 Å². The maximum Gasteiger partial charge on any atom is 0.316 e. The highest BCUT2D eigenvalue weighted by atomic mass is 16.4. The van der Waals surface area contributed by atoms with Crippen molar-refractivity contribution in [3.63, 3.8) is 0 Å². The average Bonchev–Trinajstić information content (AvgIpc) is 3.15. The van der Waals surface area contributed by atoms with Crippen LogP contribution in [0, 0.1) is 0 Å². The van der Waals surface area contributed by atoms with Gasteiger partial charge in [-0.05, 0) is 41.2 Å². The molecule has 3 aromatic rings. The van der Waals surface area contributed by atoms with Crippen molar-refractivity contribution in [2.45, 2.75) is 37.8 Å². The summed E-state index contributed by atoms with van der Waals surface area (Å²) in [6.45, 7) is 2.48. The molecule has 1 heterocycles. The number of aliphatic hydroxyl groups excluding tert-OH is 1. The van der Waals surface area contributed by atoms with Crippen molar-refractivity contribution in [3.8, 4) is 11.1 Å². The standard InChI is InChI=1S/C27H27NO4/c1-2-24(29)27(26(31)32,16-17-28-18-21-10-6-7-11-23(21)25(28)30)22-14-12-20(13-15-22)19-8-4-3-5-9-19/h3-15,24,29H,2,16-18H2,1H3,(H,31,32)/t24-,27?/m0/s1. The van der Waals surface area contributed by atoms with E-state index in [0.29, 0.717) is 24.1 Å². The zero-order valence-corrected chi connectivity index (χ0v) is 18.1. The van der Waals surface area contributed by atoms with Gasteiger partial charge in [-0.25, -0.2) is 0 Å². The van der Waals surface area contributed by atoms with Gasteiger partial charge < -0.3 is 15.1 Å². The van der Waals surface area contributed by atoms with Gasteiger partial charge in [0.05, 0.1) is 6.10 Å². The summed E-state index contributed by atoms with van der Waals surface area (Å²) in [4.78, 5) is 27.1. The van der Waals surface area contributed by atoms with Crippen LogP contribution < -0.4 is 0 Å². The summed E-state index contributed by atoms with van der Waals surface area (Å²) in [6.07, 6.45) is -0.662. The molecule has 1 amide bonds. The van der Waals surface area contributed by atoms with Gasteiger partial charge in [-0.1, -0.05) is 79.7 Å². The minimum Gasteiger partial charge on any atom is -0.481 e. The Morgan fingerprint density at radius 1 is 0.969 bits per heavy atom. The molecule has 0 fully saturated rings. The summed E-state index contributed by atoms with van der Waals surface area (Å²) in [5, 5.41) is 21.2. The molecule has 1 unspecified atom stereocenters. The molecule has 4 rings (SSSR count). The van der Waals surface area contributed by atoms with E-state index >= 15 is 0 Å². The minimum absolute atomic E-state index is 0.0923. The van der Waals surface area contributed by atoms with Crippen LogP contribution in [-0.2, 0) is 16.8 Å². The summed E-state index contributed by atoms with van der Waals surface area (Å²) in [7, 11) is 0. The number of carboxylic acids is 1. The van der Waals surface area contributed by atoms with Crippen LogP contribution in [0.2, 0.25) is 0 Å². The Morgan fingerprint density at radius 2 is 1.59 bits per heavy atom. The third-order valence-corrected chi connectivity index (χ3v) is 6.52. The Balaban J connectivity index is 1.63. The van der Waals surface area contributed by atoms with Gasteiger partial charge in [0, 0.05) is 18.7 Å². The van der Waals surface area contributed by atoms with Crippen LogP contribution in [0.5, 0.6) is 0 Å². The van der Waals surface area contributed by atoms with Crippen LogP contribution in [0.1, 0.15) is 41.3 Å². The molecular weight excluding hydrogens is 402 g/mol. The lowest BCUT2D eigenvalue weighted by Crippen LogP contribution is -2.48. The van der Waals surface area contributed by atoms with Crippen molar-refractivity contribution in [1.82, 2.24) is 4.90 Å². The number of hydrogen-bond acceptors (Lipinski definition) is 3. The summed E-state index contributed by atoms with van der Waals surface area (Å²) in [5.41, 5.74) is 2.67. The Labute approximate surface area is 187 Å². The molecule has 2 N–H and O–H groups in total. The molecule has 0 saturated carbocycles. The fourth-order valence-corrected chi connectivity index (χ4v) is 4.62. The van der Waals surface area contributed by atoms with E-state index < -0.39 is 17.5 Å². The summed E-state index contributed by atoms with van der Waals surface area (Å²) in [5.74, 6) is -1.17. The lowest BCUT2D eigenvalue weighted by molar-refractivity contribution is -0.149. The highest BCUT2D eigenvalue weighted by Crippen LogP contribution is 2.36. The molecule has 1 aliphatic heterocycles. The number of rotatable bonds is 8. The maximum absolute atomic E-state index is 12.8. The normalized spacial score (nSPS) is 15.8. The predicted molar refractivity (Wildman–Crippen MR) is 123 cm³/mol. The van der Waals surface area contributed by atoms with Gasteiger partial charge in [-0.2, -0.15) is 0 Å². The Bertz CT molecular complexity index is 1110. The van der Waals surface area contributed by atoms with Gasteiger partial charge in [-0.3, -0.25) is 9.59 Å². The number of amides is 1. The van der Waals surface area contributed by atoms with E-state index in [9.17, 15) is 19.8 Å². The van der Waals surface area contributed by atoms with Crippen LogP contribution in [0.3, 0.4) is 0 Å². The van der Waals surface area contributed by atoms with Gasteiger partial charge in [0.15, 0.2) is 0 Å². The number of aliphatic carboxylic acids is 1. The van der Waals surface area contributed by atoms with Gasteiger partial charge in [0.1, 0.15) is 5.41 Å². The molecule has 0 radical (unpaired) electrons. The molecular formula is C27H27NO4. The predicted octanol–water partition coefficient (Wildman–Crippen LogP) is 4.49. The Morgan fingerprint density at radius 3 is 2.22 bits per heavy atom. The van der Waals surface area contributed by atoms with Crippen LogP contribution in [0.15, 0.2) is 78.9 Å². The van der Waals surface area contributed by atoms with E-state index in [1.807, 2.05) is 60.7 Å². The van der Waals surface area contributed by atoms with Crippen molar-refractivity contribution < 1.29 is 19.8 Å². The monoisotopic (exact) mass is 429 g/mol. The van der Waals surface area contributed by atoms with Gasteiger partial charge in [0.25, 0.3) is 5.91 Å². The fourth-order valence-electron chi connectivity index (χ4n) is 4.62. The van der Waals surface area contributed by atoms with Crippen molar-refractivity contribution in [3.05, 3.63) is 95.6 Å². The minimum atomic E-state index is -1.50. The number of fused-ring (bicyclic) bond motifs is 1. The lowest BCUT2D eigenvalue weighted by Gasteiger charge is -2.35. The van der Waals surface area contributed by atoms with Crippen LogP contribution >= 0.6 is 0 Å². The largest absolute Gasteiger partial charge is 0.481 e. The van der Waals surface area contributed by atoms with E-state index in [0.717, 1.165) is 16.7 Å². The first-order valence-electron chi connectivity index (χ1n) is 10.9. The molecule has 32 heavy (non-hydrogen) atoms. The molecule has 164 valence electrons. The topological polar surface area (TPSA) is 77.8 Å². The summed E-state index contributed by atoms with van der Waals surface area (Å²) >= 11 is 0. The number of hydrogen-bond donors (Lipinski definition) is 2.